The summed E-state index contributed by atoms with van der Waals surface area (Å²) in [5, 5.41) is 9.71. The summed E-state index contributed by atoms with van der Waals surface area (Å²) in [7, 11) is 0. The highest BCUT2D eigenvalue weighted by molar-refractivity contribution is 6.31. The van der Waals surface area contributed by atoms with E-state index in [9.17, 15) is 4.79 Å². The lowest BCUT2D eigenvalue weighted by Crippen LogP contribution is -2.15. The number of aliphatic hydroxyl groups is 1. The minimum absolute atomic E-state index is 0.117. The second-order valence-electron chi connectivity index (χ2n) is 6.98. The Morgan fingerprint density at radius 1 is 1.14 bits per heavy atom. The number of furan rings is 1. The summed E-state index contributed by atoms with van der Waals surface area (Å²) in [5.41, 5.74) is 2.40. The Labute approximate surface area is 173 Å². The van der Waals surface area contributed by atoms with E-state index in [2.05, 4.69) is 0 Å². The second-order valence-corrected chi connectivity index (χ2v) is 7.39. The number of carbonyl (C=O) groups is 1. The molecule has 5 nitrogen and oxygen atoms in total. The molecule has 0 amide bonds. The van der Waals surface area contributed by atoms with E-state index in [1.54, 1.807) is 30.3 Å². The lowest BCUT2D eigenvalue weighted by molar-refractivity contribution is 0.100. The van der Waals surface area contributed by atoms with Crippen LogP contribution in [0.25, 0.3) is 0 Å². The highest BCUT2D eigenvalue weighted by atomic mass is 35.5. The van der Waals surface area contributed by atoms with Crippen molar-refractivity contribution in [1.29, 1.82) is 0 Å². The molecule has 0 aliphatic carbocycles. The molecule has 0 bridgehead atoms. The standard InChI is InChI=1S/C23H21ClO5/c24-21-7-3-16(23(26)22-8-6-19(13-25)29-22)12-17(21)11-15-1-4-18(5-2-15)28-20-9-10-27-14-20/h1-8,12,20,25H,9-11,13-14H2/t20-/m0/s1. The summed E-state index contributed by atoms with van der Waals surface area (Å²) in [6.45, 7) is 1.13. The van der Waals surface area contributed by atoms with Gasteiger partial charge in [-0.05, 0) is 60.0 Å². The molecule has 2 heterocycles. The van der Waals surface area contributed by atoms with E-state index < -0.39 is 0 Å². The van der Waals surface area contributed by atoms with Crippen LogP contribution in [0.2, 0.25) is 5.02 Å². The van der Waals surface area contributed by atoms with Crippen molar-refractivity contribution < 1.29 is 23.8 Å². The average molecular weight is 413 g/mol. The molecule has 1 N–H and O–H groups in total. The zero-order valence-electron chi connectivity index (χ0n) is 15.8. The van der Waals surface area contributed by atoms with Crippen molar-refractivity contribution in [2.24, 2.45) is 0 Å². The van der Waals surface area contributed by atoms with Crippen LogP contribution in [0, 0.1) is 0 Å². The van der Waals surface area contributed by atoms with Gasteiger partial charge in [-0.3, -0.25) is 4.79 Å². The van der Waals surface area contributed by atoms with E-state index in [1.807, 2.05) is 24.3 Å². The van der Waals surface area contributed by atoms with Crippen LogP contribution < -0.4 is 4.74 Å². The number of carbonyl (C=O) groups excluding carboxylic acids is 1. The summed E-state index contributed by atoms with van der Waals surface area (Å²) < 4.78 is 16.6. The summed E-state index contributed by atoms with van der Waals surface area (Å²) in [4.78, 5) is 12.7. The van der Waals surface area contributed by atoms with Gasteiger partial charge < -0.3 is 19.0 Å². The Bertz CT molecular complexity index is 987. The highest BCUT2D eigenvalue weighted by Crippen LogP contribution is 2.25. The molecule has 0 saturated carbocycles. The Morgan fingerprint density at radius 2 is 1.97 bits per heavy atom. The fraction of sp³-hybridized carbons (Fsp3) is 0.261. The van der Waals surface area contributed by atoms with Gasteiger partial charge in [0.25, 0.3) is 0 Å². The first-order chi connectivity index (χ1) is 14.1. The van der Waals surface area contributed by atoms with Gasteiger partial charge in [0.05, 0.1) is 13.2 Å². The molecule has 0 unspecified atom stereocenters. The minimum atomic E-state index is -0.245. The second kappa shape index (κ2) is 8.82. The normalized spacial score (nSPS) is 16.1. The summed E-state index contributed by atoms with van der Waals surface area (Å²) >= 11 is 6.36. The van der Waals surface area contributed by atoms with E-state index in [-0.39, 0.29) is 24.3 Å². The number of aliphatic hydroxyl groups excluding tert-OH is 1. The van der Waals surface area contributed by atoms with Gasteiger partial charge in [0.15, 0.2) is 5.76 Å². The molecule has 6 heteroatoms. The Kier molecular flexibility index (Phi) is 6.00. The van der Waals surface area contributed by atoms with Crippen LogP contribution in [0.1, 0.15) is 39.4 Å². The van der Waals surface area contributed by atoms with Crippen LogP contribution in [-0.2, 0) is 17.8 Å². The topological polar surface area (TPSA) is 68.9 Å². The molecule has 4 rings (SSSR count). The lowest BCUT2D eigenvalue weighted by Gasteiger charge is -2.12. The predicted molar refractivity (Wildman–Crippen MR) is 109 cm³/mol. The number of hydrogen-bond donors (Lipinski definition) is 1. The van der Waals surface area contributed by atoms with Crippen molar-refractivity contribution in [1.82, 2.24) is 0 Å². The molecular formula is C23H21ClO5. The Balaban J connectivity index is 1.48. The van der Waals surface area contributed by atoms with Gasteiger partial charge in [0.1, 0.15) is 24.2 Å². The smallest absolute Gasteiger partial charge is 0.228 e. The molecule has 1 aromatic heterocycles. The Morgan fingerprint density at radius 3 is 2.66 bits per heavy atom. The zero-order chi connectivity index (χ0) is 20.2. The molecule has 1 aliphatic rings. The number of hydrogen-bond acceptors (Lipinski definition) is 5. The molecule has 1 fully saturated rings. The van der Waals surface area contributed by atoms with Crippen LogP contribution in [0.3, 0.4) is 0 Å². The van der Waals surface area contributed by atoms with Crippen molar-refractivity contribution in [2.75, 3.05) is 13.2 Å². The molecule has 3 aromatic rings. The first-order valence-electron chi connectivity index (χ1n) is 9.48. The maximum absolute atomic E-state index is 12.7. The van der Waals surface area contributed by atoms with E-state index in [1.165, 1.54) is 0 Å². The first-order valence-corrected chi connectivity index (χ1v) is 9.86. The van der Waals surface area contributed by atoms with Gasteiger partial charge in [-0.25, -0.2) is 0 Å². The van der Waals surface area contributed by atoms with Crippen molar-refractivity contribution in [3.63, 3.8) is 0 Å². The zero-order valence-corrected chi connectivity index (χ0v) is 16.5. The third-order valence-corrected chi connectivity index (χ3v) is 5.23. The van der Waals surface area contributed by atoms with Crippen molar-refractivity contribution in [3.05, 3.63) is 87.8 Å². The van der Waals surface area contributed by atoms with E-state index in [4.69, 9.17) is 30.6 Å². The molecule has 0 spiro atoms. The minimum Gasteiger partial charge on any atom is -0.488 e. The Hall–Kier alpha value is -2.60. The number of rotatable bonds is 7. The van der Waals surface area contributed by atoms with E-state index in [0.717, 1.165) is 29.9 Å². The molecule has 29 heavy (non-hydrogen) atoms. The number of ether oxygens (including phenoxy) is 2. The highest BCUT2D eigenvalue weighted by Gasteiger charge is 2.17. The van der Waals surface area contributed by atoms with Crippen LogP contribution in [0.4, 0.5) is 0 Å². The molecule has 150 valence electrons. The number of benzene rings is 2. The fourth-order valence-electron chi connectivity index (χ4n) is 3.28. The van der Waals surface area contributed by atoms with Gasteiger partial charge >= 0.3 is 0 Å². The fourth-order valence-corrected chi connectivity index (χ4v) is 3.47. The van der Waals surface area contributed by atoms with E-state index >= 15 is 0 Å². The molecule has 1 atom stereocenters. The van der Waals surface area contributed by atoms with Crippen molar-refractivity contribution >= 4 is 17.4 Å². The van der Waals surface area contributed by atoms with Gasteiger partial charge in [-0.2, -0.15) is 0 Å². The van der Waals surface area contributed by atoms with Gasteiger partial charge in [-0.1, -0.05) is 23.7 Å². The third kappa shape index (κ3) is 4.70. The van der Waals surface area contributed by atoms with Crippen LogP contribution in [-0.4, -0.2) is 30.2 Å². The lowest BCUT2D eigenvalue weighted by atomic mass is 10.0. The number of ketones is 1. The van der Waals surface area contributed by atoms with Crippen molar-refractivity contribution in [2.45, 2.75) is 25.6 Å². The monoisotopic (exact) mass is 412 g/mol. The quantitative estimate of drug-likeness (QED) is 0.582. The van der Waals surface area contributed by atoms with Crippen LogP contribution in [0.15, 0.2) is 59.0 Å². The molecule has 2 aromatic carbocycles. The average Bonchev–Trinajstić information content (AvgIpc) is 3.42. The molecule has 1 aliphatic heterocycles. The van der Waals surface area contributed by atoms with Gasteiger partial charge in [0, 0.05) is 17.0 Å². The summed E-state index contributed by atoms with van der Waals surface area (Å²) in [5.74, 6) is 1.12. The first kappa shape index (κ1) is 19.7. The predicted octanol–water partition coefficient (Wildman–Crippen LogP) is 4.41. The molecular weight excluding hydrogens is 392 g/mol. The van der Waals surface area contributed by atoms with Gasteiger partial charge in [-0.15, -0.1) is 0 Å². The summed E-state index contributed by atoms with van der Waals surface area (Å²) in [6.07, 6.45) is 1.62. The van der Waals surface area contributed by atoms with E-state index in [0.29, 0.717) is 29.4 Å². The van der Waals surface area contributed by atoms with Crippen LogP contribution in [0.5, 0.6) is 5.75 Å². The molecule has 0 radical (unpaired) electrons. The third-order valence-electron chi connectivity index (χ3n) is 4.86. The largest absolute Gasteiger partial charge is 0.488 e. The molecule has 1 saturated heterocycles. The number of halogens is 1. The maximum Gasteiger partial charge on any atom is 0.228 e. The summed E-state index contributed by atoms with van der Waals surface area (Å²) in [6, 6.07) is 16.2. The van der Waals surface area contributed by atoms with Crippen LogP contribution >= 0.6 is 11.6 Å². The van der Waals surface area contributed by atoms with Gasteiger partial charge in [0.2, 0.25) is 5.78 Å². The SMILES string of the molecule is O=C(c1ccc(Cl)c(Cc2ccc(O[C@H]3CCOC3)cc2)c1)c1ccc(CO)o1. The maximum atomic E-state index is 12.7. The van der Waals surface area contributed by atoms with Crippen molar-refractivity contribution in [3.8, 4) is 5.75 Å².